The molecule has 4 heteroatoms. The topological polar surface area (TPSA) is 49.6 Å². The maximum Gasteiger partial charge on any atom is 0.222 e. The first kappa shape index (κ1) is 16.1. The number of hydrogen-bond donors (Lipinski definition) is 1. The van der Waals surface area contributed by atoms with Crippen molar-refractivity contribution in [2.45, 2.75) is 63.6 Å². The first-order valence-corrected chi connectivity index (χ1v) is 9.57. The first-order chi connectivity index (χ1) is 11.7. The molecule has 1 aromatic rings. The summed E-state index contributed by atoms with van der Waals surface area (Å²) in [6.07, 6.45) is 7.36. The van der Waals surface area contributed by atoms with E-state index in [4.69, 9.17) is 5.73 Å². The lowest BCUT2D eigenvalue weighted by molar-refractivity contribution is -0.130. The predicted octanol–water partition coefficient (Wildman–Crippen LogP) is 2.09. The standard InChI is InChI=1S/C20H29N3O/c21-18-6-5-16-12-15(3-4-17(16)13-18)14-22-10-7-19(8-11-22)23-9-1-2-20(23)24/h3-4,12,18-19H,1-2,5-11,13-14,21H2. The third-order valence-corrected chi connectivity index (χ3v) is 6.05. The molecule has 1 aliphatic carbocycles. The molecule has 0 aromatic heterocycles. The molecular formula is C20H29N3O. The molecule has 0 radical (unpaired) electrons. The van der Waals surface area contributed by atoms with Crippen molar-refractivity contribution in [2.75, 3.05) is 19.6 Å². The Morgan fingerprint density at radius 1 is 1.04 bits per heavy atom. The van der Waals surface area contributed by atoms with Crippen molar-refractivity contribution in [3.63, 3.8) is 0 Å². The number of benzene rings is 1. The van der Waals surface area contributed by atoms with Gasteiger partial charge in [0.2, 0.25) is 5.91 Å². The molecule has 0 bridgehead atoms. The summed E-state index contributed by atoms with van der Waals surface area (Å²) in [6, 6.07) is 7.81. The van der Waals surface area contributed by atoms with Gasteiger partial charge >= 0.3 is 0 Å². The second-order valence-corrected chi connectivity index (χ2v) is 7.80. The van der Waals surface area contributed by atoms with Crippen LogP contribution in [0.25, 0.3) is 0 Å². The van der Waals surface area contributed by atoms with Crippen LogP contribution in [0, 0.1) is 0 Å². The van der Waals surface area contributed by atoms with Gasteiger partial charge in [-0.2, -0.15) is 0 Å². The third-order valence-electron chi connectivity index (χ3n) is 6.05. The van der Waals surface area contributed by atoms with Crippen LogP contribution >= 0.6 is 0 Å². The highest BCUT2D eigenvalue weighted by molar-refractivity contribution is 5.78. The molecule has 3 aliphatic rings. The Kier molecular flexibility index (Phi) is 4.59. The van der Waals surface area contributed by atoms with E-state index in [2.05, 4.69) is 28.0 Å². The van der Waals surface area contributed by atoms with Gasteiger partial charge in [-0.15, -0.1) is 0 Å². The second kappa shape index (κ2) is 6.85. The molecule has 4 rings (SSSR count). The molecule has 1 atom stereocenters. The van der Waals surface area contributed by atoms with E-state index in [1.165, 1.54) is 16.7 Å². The van der Waals surface area contributed by atoms with Crippen LogP contribution in [0.3, 0.4) is 0 Å². The van der Waals surface area contributed by atoms with Gasteiger partial charge in [0.15, 0.2) is 0 Å². The van der Waals surface area contributed by atoms with E-state index >= 15 is 0 Å². The summed E-state index contributed by atoms with van der Waals surface area (Å²) < 4.78 is 0. The Morgan fingerprint density at radius 3 is 2.62 bits per heavy atom. The fourth-order valence-electron chi connectivity index (χ4n) is 4.64. The molecule has 2 heterocycles. The van der Waals surface area contributed by atoms with Gasteiger partial charge in [0.05, 0.1) is 0 Å². The van der Waals surface area contributed by atoms with E-state index in [1.54, 1.807) is 0 Å². The van der Waals surface area contributed by atoms with E-state index in [9.17, 15) is 4.79 Å². The van der Waals surface area contributed by atoms with Gasteiger partial charge in [-0.1, -0.05) is 18.2 Å². The summed E-state index contributed by atoms with van der Waals surface area (Å²) >= 11 is 0. The molecule has 2 aliphatic heterocycles. The summed E-state index contributed by atoms with van der Waals surface area (Å²) in [5.74, 6) is 0.376. The highest BCUT2D eigenvalue weighted by Crippen LogP contribution is 2.25. The van der Waals surface area contributed by atoms with Crippen molar-refractivity contribution >= 4 is 5.91 Å². The maximum absolute atomic E-state index is 11.9. The van der Waals surface area contributed by atoms with Crippen molar-refractivity contribution in [3.05, 3.63) is 34.9 Å². The van der Waals surface area contributed by atoms with E-state index in [1.807, 2.05) is 0 Å². The Labute approximate surface area is 145 Å². The van der Waals surface area contributed by atoms with Crippen LogP contribution in [-0.2, 0) is 24.2 Å². The van der Waals surface area contributed by atoms with Crippen LogP contribution in [0.2, 0.25) is 0 Å². The molecule has 0 saturated carbocycles. The maximum atomic E-state index is 11.9. The fraction of sp³-hybridized carbons (Fsp3) is 0.650. The number of carbonyl (C=O) groups excluding carboxylic acids is 1. The average Bonchev–Trinajstić information content (AvgIpc) is 3.02. The molecule has 1 unspecified atom stereocenters. The minimum atomic E-state index is 0.343. The van der Waals surface area contributed by atoms with E-state index in [0.29, 0.717) is 18.0 Å². The minimum absolute atomic E-state index is 0.343. The van der Waals surface area contributed by atoms with Gasteiger partial charge in [-0.25, -0.2) is 0 Å². The number of aryl methyl sites for hydroxylation is 1. The molecule has 130 valence electrons. The lowest BCUT2D eigenvalue weighted by Crippen LogP contribution is -2.45. The van der Waals surface area contributed by atoms with Crippen LogP contribution in [0.5, 0.6) is 0 Å². The lowest BCUT2D eigenvalue weighted by Gasteiger charge is -2.36. The smallest absolute Gasteiger partial charge is 0.222 e. The van der Waals surface area contributed by atoms with Gasteiger partial charge in [-0.3, -0.25) is 9.69 Å². The van der Waals surface area contributed by atoms with Gasteiger partial charge in [0, 0.05) is 44.7 Å². The molecule has 2 saturated heterocycles. The van der Waals surface area contributed by atoms with Crippen molar-refractivity contribution < 1.29 is 4.79 Å². The van der Waals surface area contributed by atoms with Crippen LogP contribution in [0.15, 0.2) is 18.2 Å². The zero-order valence-electron chi connectivity index (χ0n) is 14.5. The zero-order chi connectivity index (χ0) is 16.5. The quantitative estimate of drug-likeness (QED) is 0.925. The fourth-order valence-corrected chi connectivity index (χ4v) is 4.64. The summed E-state index contributed by atoms with van der Waals surface area (Å²) in [6.45, 7) is 4.24. The molecule has 24 heavy (non-hydrogen) atoms. The molecule has 2 fully saturated rings. The number of nitrogens with two attached hydrogens (primary N) is 1. The summed E-state index contributed by atoms with van der Waals surface area (Å²) in [4.78, 5) is 16.6. The number of rotatable bonds is 3. The van der Waals surface area contributed by atoms with E-state index in [-0.39, 0.29) is 0 Å². The van der Waals surface area contributed by atoms with Crippen LogP contribution in [-0.4, -0.2) is 47.4 Å². The van der Waals surface area contributed by atoms with Crippen molar-refractivity contribution in [1.29, 1.82) is 0 Å². The van der Waals surface area contributed by atoms with Crippen molar-refractivity contribution in [3.8, 4) is 0 Å². The van der Waals surface area contributed by atoms with E-state index in [0.717, 1.165) is 71.1 Å². The third kappa shape index (κ3) is 3.35. The normalized spacial score (nSPS) is 26.0. The molecule has 1 aromatic carbocycles. The Balaban J connectivity index is 1.33. The van der Waals surface area contributed by atoms with Gasteiger partial charge < -0.3 is 10.6 Å². The molecule has 2 N–H and O–H groups in total. The number of nitrogens with zero attached hydrogens (tertiary/aromatic N) is 2. The van der Waals surface area contributed by atoms with Gasteiger partial charge in [0.25, 0.3) is 0 Å². The van der Waals surface area contributed by atoms with Crippen LogP contribution in [0.1, 0.15) is 48.8 Å². The SMILES string of the molecule is NC1CCc2cc(CN3CCC(N4CCCC4=O)CC3)ccc2C1. The average molecular weight is 327 g/mol. The highest BCUT2D eigenvalue weighted by atomic mass is 16.2. The monoisotopic (exact) mass is 327 g/mol. The number of piperidine rings is 1. The predicted molar refractivity (Wildman–Crippen MR) is 95.7 cm³/mol. The van der Waals surface area contributed by atoms with Crippen molar-refractivity contribution in [2.24, 2.45) is 5.73 Å². The number of fused-ring (bicyclic) bond motifs is 1. The number of hydrogen-bond acceptors (Lipinski definition) is 3. The number of likely N-dealkylation sites (tertiary alicyclic amines) is 2. The largest absolute Gasteiger partial charge is 0.340 e. The summed E-state index contributed by atoms with van der Waals surface area (Å²) in [5, 5.41) is 0. The number of amides is 1. The molecule has 1 amide bonds. The van der Waals surface area contributed by atoms with Gasteiger partial charge in [0.1, 0.15) is 0 Å². The summed E-state index contributed by atoms with van der Waals surface area (Å²) in [7, 11) is 0. The second-order valence-electron chi connectivity index (χ2n) is 7.80. The minimum Gasteiger partial charge on any atom is -0.340 e. The zero-order valence-corrected chi connectivity index (χ0v) is 14.5. The first-order valence-electron chi connectivity index (χ1n) is 9.57. The highest BCUT2D eigenvalue weighted by Gasteiger charge is 2.30. The lowest BCUT2D eigenvalue weighted by atomic mass is 9.87. The Morgan fingerprint density at radius 2 is 1.88 bits per heavy atom. The number of carbonyl (C=O) groups is 1. The van der Waals surface area contributed by atoms with Crippen LogP contribution in [0.4, 0.5) is 0 Å². The molecule has 0 spiro atoms. The molecular weight excluding hydrogens is 298 g/mol. The molecule has 4 nitrogen and oxygen atoms in total. The van der Waals surface area contributed by atoms with Crippen molar-refractivity contribution in [1.82, 2.24) is 9.80 Å². The van der Waals surface area contributed by atoms with Crippen LogP contribution < -0.4 is 5.73 Å². The Hall–Kier alpha value is -1.39. The summed E-state index contributed by atoms with van der Waals surface area (Å²) in [5.41, 5.74) is 10.5. The van der Waals surface area contributed by atoms with E-state index < -0.39 is 0 Å². The van der Waals surface area contributed by atoms with Gasteiger partial charge in [-0.05, 0) is 55.2 Å². The Bertz CT molecular complexity index is 607.